The van der Waals surface area contributed by atoms with Crippen LogP contribution >= 0.6 is 28.3 Å². The van der Waals surface area contributed by atoms with E-state index in [1.54, 1.807) is 12.1 Å². The van der Waals surface area contributed by atoms with E-state index in [0.29, 0.717) is 0 Å². The maximum atomic E-state index is 13.6. The van der Waals surface area contributed by atoms with E-state index in [1.807, 2.05) is 0 Å². The second-order valence-corrected chi connectivity index (χ2v) is 4.29. The molecular weight excluding hydrogens is 331 g/mol. The zero-order valence-electron chi connectivity index (χ0n) is 9.53. The molecule has 0 saturated heterocycles. The summed E-state index contributed by atoms with van der Waals surface area (Å²) >= 11 is 3.18. The summed E-state index contributed by atoms with van der Waals surface area (Å²) in [4.78, 5) is 11.1. The van der Waals surface area contributed by atoms with Crippen LogP contribution in [-0.2, 0) is 9.53 Å². The highest BCUT2D eigenvalue weighted by atomic mass is 79.9. The zero-order chi connectivity index (χ0) is 13.1. The Balaban J connectivity index is 0.00000289. The highest BCUT2D eigenvalue weighted by Gasteiger charge is 2.47. The lowest BCUT2D eigenvalue weighted by molar-refractivity contribution is -0.174. The molecule has 0 aliphatic rings. The maximum absolute atomic E-state index is 13.6. The summed E-state index contributed by atoms with van der Waals surface area (Å²) in [5.74, 6) is -5.33. The normalized spacial score (nSPS) is 12.5. The molecule has 1 aromatic carbocycles. The molecule has 2 N–H and O–H groups in total. The molecule has 0 saturated carbocycles. The van der Waals surface area contributed by atoms with Crippen molar-refractivity contribution >= 4 is 34.3 Å². The predicted molar refractivity (Wildman–Crippen MR) is 69.9 cm³/mol. The van der Waals surface area contributed by atoms with Crippen LogP contribution in [0.5, 0.6) is 0 Å². The van der Waals surface area contributed by atoms with Crippen molar-refractivity contribution in [3.8, 4) is 0 Å². The van der Waals surface area contributed by atoms with Crippen molar-refractivity contribution in [2.75, 3.05) is 6.61 Å². The van der Waals surface area contributed by atoms with Crippen LogP contribution in [0.15, 0.2) is 28.7 Å². The van der Waals surface area contributed by atoms with E-state index in [0.717, 1.165) is 4.47 Å². The fraction of sp³-hybridized carbons (Fsp3) is 0.364. The van der Waals surface area contributed by atoms with E-state index in [9.17, 15) is 13.6 Å². The molecule has 1 aromatic rings. The van der Waals surface area contributed by atoms with Crippen LogP contribution in [0.2, 0.25) is 0 Å². The molecule has 1 rings (SSSR count). The highest BCUT2D eigenvalue weighted by molar-refractivity contribution is 9.10. The van der Waals surface area contributed by atoms with E-state index in [2.05, 4.69) is 20.7 Å². The summed E-state index contributed by atoms with van der Waals surface area (Å²) in [5.41, 5.74) is 5.56. The molecule has 0 unspecified atom stereocenters. The molecule has 18 heavy (non-hydrogen) atoms. The standard InChI is InChI=1S/C11H12BrF2NO2.ClH/c1-2-17-10(16)11(13,14)9(15)7-3-5-8(12)6-4-7;/h3-6,9H,2,15H2,1H3;1H/t9-;/m0./s1. The number of hydrogen-bond donors (Lipinski definition) is 1. The van der Waals surface area contributed by atoms with Gasteiger partial charge >= 0.3 is 11.9 Å². The quantitative estimate of drug-likeness (QED) is 0.854. The fourth-order valence-corrected chi connectivity index (χ4v) is 1.50. The van der Waals surface area contributed by atoms with Gasteiger partial charge in [0.15, 0.2) is 0 Å². The highest BCUT2D eigenvalue weighted by Crippen LogP contribution is 2.31. The minimum atomic E-state index is -3.73. The molecule has 0 fully saturated rings. The van der Waals surface area contributed by atoms with Gasteiger partial charge in [0.2, 0.25) is 0 Å². The Kier molecular flexibility index (Phi) is 6.73. The molecule has 1 atom stereocenters. The Hall–Kier alpha value is -0.720. The van der Waals surface area contributed by atoms with Crippen molar-refractivity contribution in [1.29, 1.82) is 0 Å². The maximum Gasteiger partial charge on any atom is 0.379 e. The van der Waals surface area contributed by atoms with Gasteiger partial charge in [-0.05, 0) is 24.6 Å². The Bertz CT molecular complexity index is 401. The van der Waals surface area contributed by atoms with Gasteiger partial charge in [0, 0.05) is 4.47 Å². The molecule has 102 valence electrons. The van der Waals surface area contributed by atoms with E-state index in [-0.39, 0.29) is 24.6 Å². The molecule has 0 radical (unpaired) electrons. The minimum Gasteiger partial charge on any atom is -0.462 e. The molecule has 0 amide bonds. The molecule has 0 aliphatic heterocycles. The van der Waals surface area contributed by atoms with Crippen LogP contribution < -0.4 is 5.73 Å². The molecule has 0 spiro atoms. The number of alkyl halides is 2. The Morgan fingerprint density at radius 1 is 1.44 bits per heavy atom. The van der Waals surface area contributed by atoms with Crippen LogP contribution in [-0.4, -0.2) is 18.5 Å². The average Bonchev–Trinajstić information content (AvgIpc) is 2.29. The predicted octanol–water partition coefficient (Wildman–Crippen LogP) is 3.07. The first-order valence-electron chi connectivity index (χ1n) is 4.95. The summed E-state index contributed by atoms with van der Waals surface area (Å²) in [5, 5.41) is 0. The third-order valence-electron chi connectivity index (χ3n) is 2.17. The van der Waals surface area contributed by atoms with Gasteiger partial charge in [-0.25, -0.2) is 4.79 Å². The number of benzene rings is 1. The van der Waals surface area contributed by atoms with Crippen LogP contribution in [0, 0.1) is 0 Å². The summed E-state index contributed by atoms with van der Waals surface area (Å²) in [6, 6.07) is 4.31. The average molecular weight is 345 g/mol. The van der Waals surface area contributed by atoms with Crippen molar-refractivity contribution in [3.05, 3.63) is 34.3 Å². The van der Waals surface area contributed by atoms with Crippen LogP contribution in [0.4, 0.5) is 8.78 Å². The van der Waals surface area contributed by atoms with Gasteiger partial charge in [-0.15, -0.1) is 12.4 Å². The van der Waals surface area contributed by atoms with Crippen molar-refractivity contribution in [3.63, 3.8) is 0 Å². The first kappa shape index (κ1) is 17.3. The number of esters is 1. The number of hydrogen-bond acceptors (Lipinski definition) is 3. The van der Waals surface area contributed by atoms with Gasteiger partial charge in [-0.3, -0.25) is 0 Å². The largest absolute Gasteiger partial charge is 0.462 e. The molecule has 0 aliphatic carbocycles. The molecule has 0 bridgehead atoms. The molecule has 0 heterocycles. The number of rotatable bonds is 4. The summed E-state index contributed by atoms with van der Waals surface area (Å²) < 4.78 is 32.2. The number of carbonyl (C=O) groups is 1. The molecular formula is C11H13BrClF2NO2. The van der Waals surface area contributed by atoms with Crippen LogP contribution in [0.25, 0.3) is 0 Å². The van der Waals surface area contributed by atoms with Crippen LogP contribution in [0.1, 0.15) is 18.5 Å². The van der Waals surface area contributed by atoms with Gasteiger partial charge in [-0.2, -0.15) is 8.78 Å². The summed E-state index contributed by atoms with van der Waals surface area (Å²) in [6.07, 6.45) is 0. The third kappa shape index (κ3) is 3.90. The first-order chi connectivity index (χ1) is 7.89. The Morgan fingerprint density at radius 2 is 1.94 bits per heavy atom. The van der Waals surface area contributed by atoms with Crippen LogP contribution in [0.3, 0.4) is 0 Å². The Morgan fingerprint density at radius 3 is 2.39 bits per heavy atom. The number of ether oxygens (including phenoxy) is 1. The Labute approximate surface area is 118 Å². The van der Waals surface area contributed by atoms with Gasteiger partial charge < -0.3 is 10.5 Å². The SMILES string of the molecule is CCOC(=O)C(F)(F)[C@@H](N)c1ccc(Br)cc1.Cl. The summed E-state index contributed by atoms with van der Waals surface area (Å²) in [7, 11) is 0. The number of nitrogens with two attached hydrogens (primary N) is 1. The van der Waals surface area contributed by atoms with E-state index in [4.69, 9.17) is 5.73 Å². The lowest BCUT2D eigenvalue weighted by Gasteiger charge is -2.21. The minimum absolute atomic E-state index is 0. The third-order valence-corrected chi connectivity index (χ3v) is 2.70. The smallest absolute Gasteiger partial charge is 0.379 e. The molecule has 3 nitrogen and oxygen atoms in total. The number of halogens is 4. The lowest BCUT2D eigenvalue weighted by atomic mass is 10.0. The van der Waals surface area contributed by atoms with E-state index in [1.165, 1.54) is 19.1 Å². The molecule has 7 heteroatoms. The van der Waals surface area contributed by atoms with Gasteiger partial charge in [0.05, 0.1) is 6.61 Å². The first-order valence-corrected chi connectivity index (χ1v) is 5.75. The van der Waals surface area contributed by atoms with Gasteiger partial charge in [0.1, 0.15) is 6.04 Å². The fourth-order valence-electron chi connectivity index (χ4n) is 1.23. The van der Waals surface area contributed by atoms with Gasteiger partial charge in [-0.1, -0.05) is 28.1 Å². The van der Waals surface area contributed by atoms with Crippen molar-refractivity contribution in [1.82, 2.24) is 0 Å². The summed E-state index contributed by atoms with van der Waals surface area (Å²) in [6.45, 7) is 1.35. The second-order valence-electron chi connectivity index (χ2n) is 3.37. The van der Waals surface area contributed by atoms with E-state index >= 15 is 0 Å². The van der Waals surface area contributed by atoms with Crippen molar-refractivity contribution in [2.45, 2.75) is 18.9 Å². The second kappa shape index (κ2) is 7.01. The molecule has 0 aromatic heterocycles. The zero-order valence-corrected chi connectivity index (χ0v) is 11.9. The van der Waals surface area contributed by atoms with E-state index < -0.39 is 17.9 Å². The monoisotopic (exact) mass is 343 g/mol. The number of carbonyl (C=O) groups excluding carboxylic acids is 1. The topological polar surface area (TPSA) is 52.3 Å². The van der Waals surface area contributed by atoms with Crippen molar-refractivity contribution in [2.24, 2.45) is 5.73 Å². The van der Waals surface area contributed by atoms with Gasteiger partial charge in [0.25, 0.3) is 0 Å². The van der Waals surface area contributed by atoms with Crippen molar-refractivity contribution < 1.29 is 18.3 Å². The lowest BCUT2D eigenvalue weighted by Crippen LogP contribution is -2.41.